The second-order valence-corrected chi connectivity index (χ2v) is 7.05. The Morgan fingerprint density at radius 3 is 2.58 bits per heavy atom. The second-order valence-electron chi connectivity index (χ2n) is 7.05. The minimum absolute atomic E-state index is 0.0230. The number of rotatable bonds is 7. The van der Waals surface area contributed by atoms with Gasteiger partial charge in [-0.15, -0.1) is 0 Å². The lowest BCUT2D eigenvalue weighted by atomic mass is 9.81. The molecule has 0 saturated carbocycles. The van der Waals surface area contributed by atoms with Crippen molar-refractivity contribution in [3.63, 3.8) is 0 Å². The maximum atomic E-state index is 11.9. The summed E-state index contributed by atoms with van der Waals surface area (Å²) in [7, 11) is 0. The van der Waals surface area contributed by atoms with Crippen LogP contribution in [0.2, 0.25) is 0 Å². The molecule has 2 saturated heterocycles. The fraction of sp³-hybridized carbons (Fsp3) is 0.579. The molecule has 7 nitrogen and oxygen atoms in total. The first kappa shape index (κ1) is 18.5. The van der Waals surface area contributed by atoms with Crippen LogP contribution in [0.3, 0.4) is 0 Å². The lowest BCUT2D eigenvalue weighted by Crippen LogP contribution is -2.42. The first-order chi connectivity index (χ1) is 12.4. The molecule has 2 fully saturated rings. The normalized spacial score (nSPS) is 25.2. The highest BCUT2D eigenvalue weighted by Crippen LogP contribution is 2.42. The molecule has 1 N–H and O–H groups in total. The van der Waals surface area contributed by atoms with Gasteiger partial charge in [0.1, 0.15) is 23.5 Å². The van der Waals surface area contributed by atoms with Gasteiger partial charge in [0.2, 0.25) is 5.91 Å². The van der Waals surface area contributed by atoms with Crippen molar-refractivity contribution in [2.24, 2.45) is 11.3 Å². The number of carbonyl (C=O) groups excluding carboxylic acids is 1. The van der Waals surface area contributed by atoms with Crippen molar-refractivity contribution < 1.29 is 24.2 Å². The Hall–Kier alpha value is -2.28. The number of hydrogen-bond donors (Lipinski definition) is 1. The summed E-state index contributed by atoms with van der Waals surface area (Å²) >= 11 is 0. The highest BCUT2D eigenvalue weighted by Gasteiger charge is 2.57. The first-order valence-corrected chi connectivity index (χ1v) is 9.01. The predicted molar refractivity (Wildman–Crippen MR) is 95.4 cm³/mol. The number of carbonyl (C=O) groups is 2. The van der Waals surface area contributed by atoms with Crippen molar-refractivity contribution in [3.8, 4) is 11.5 Å². The van der Waals surface area contributed by atoms with E-state index < -0.39 is 11.4 Å². The third-order valence-electron chi connectivity index (χ3n) is 5.34. The Morgan fingerprint density at radius 2 is 1.96 bits per heavy atom. The summed E-state index contributed by atoms with van der Waals surface area (Å²) in [6.07, 6.45) is 0. The van der Waals surface area contributed by atoms with E-state index in [2.05, 4.69) is 4.90 Å². The monoisotopic (exact) mass is 362 g/mol. The predicted octanol–water partition coefficient (Wildman–Crippen LogP) is 1.33. The number of nitrogens with zero attached hydrogens (tertiary/aromatic N) is 2. The van der Waals surface area contributed by atoms with Gasteiger partial charge in [0.05, 0.1) is 6.61 Å². The van der Waals surface area contributed by atoms with Gasteiger partial charge in [-0.2, -0.15) is 0 Å². The van der Waals surface area contributed by atoms with Crippen molar-refractivity contribution in [3.05, 3.63) is 24.3 Å². The summed E-state index contributed by atoms with van der Waals surface area (Å²) < 4.78 is 11.3. The van der Waals surface area contributed by atoms with Gasteiger partial charge in [0, 0.05) is 51.6 Å². The number of benzene rings is 1. The van der Waals surface area contributed by atoms with E-state index in [1.54, 1.807) is 4.90 Å². The molecule has 7 heteroatoms. The highest BCUT2D eigenvalue weighted by atomic mass is 16.5. The molecule has 0 bridgehead atoms. The van der Waals surface area contributed by atoms with Crippen LogP contribution in [0.25, 0.3) is 0 Å². The molecule has 2 heterocycles. The largest absolute Gasteiger partial charge is 0.494 e. The number of carboxylic acids is 1. The topological polar surface area (TPSA) is 79.3 Å². The zero-order valence-corrected chi connectivity index (χ0v) is 15.3. The number of hydrogen-bond acceptors (Lipinski definition) is 5. The molecule has 0 unspecified atom stereocenters. The number of carboxylic acid groups (broad SMARTS) is 1. The van der Waals surface area contributed by atoms with Crippen molar-refractivity contribution in [1.82, 2.24) is 9.80 Å². The molecule has 2 aliphatic rings. The maximum absolute atomic E-state index is 11.9. The number of aliphatic carboxylic acids is 1. The fourth-order valence-corrected chi connectivity index (χ4v) is 3.99. The zero-order valence-electron chi connectivity index (χ0n) is 15.3. The van der Waals surface area contributed by atoms with E-state index >= 15 is 0 Å². The summed E-state index contributed by atoms with van der Waals surface area (Å²) in [5, 5.41) is 9.77. The van der Waals surface area contributed by atoms with Crippen LogP contribution in [0.4, 0.5) is 0 Å². The van der Waals surface area contributed by atoms with Crippen LogP contribution in [0.5, 0.6) is 11.5 Å². The number of likely N-dealkylation sites (tertiary alicyclic amines) is 2. The SMILES string of the molecule is CCOc1cccc(OCCN2C[C@@H]3CN(C(C)=O)C[C@]3(C(=O)O)C2)c1. The zero-order chi connectivity index (χ0) is 18.7. The number of ether oxygens (including phenoxy) is 2. The molecule has 3 rings (SSSR count). The van der Waals surface area contributed by atoms with Gasteiger partial charge < -0.3 is 19.5 Å². The molecule has 1 amide bonds. The van der Waals surface area contributed by atoms with E-state index in [1.807, 2.05) is 31.2 Å². The maximum Gasteiger partial charge on any atom is 0.313 e. The average molecular weight is 362 g/mol. The van der Waals surface area contributed by atoms with Crippen molar-refractivity contribution in [1.29, 1.82) is 0 Å². The molecule has 142 valence electrons. The van der Waals surface area contributed by atoms with Crippen molar-refractivity contribution in [2.75, 3.05) is 45.9 Å². The van der Waals surface area contributed by atoms with Gasteiger partial charge in [-0.3, -0.25) is 14.5 Å². The van der Waals surface area contributed by atoms with Crippen LogP contribution in [0.15, 0.2) is 24.3 Å². The second kappa shape index (κ2) is 7.53. The molecule has 1 aromatic rings. The standard InChI is InChI=1S/C19H26N2O5/c1-3-25-16-5-4-6-17(9-16)26-8-7-20-10-15-11-21(14(2)22)13-19(15,12-20)18(23)24/h4-6,9,15H,3,7-8,10-13H2,1-2H3,(H,23,24)/t15-,19-/m1/s1. The number of fused-ring (bicyclic) bond motifs is 1. The molecule has 1 aromatic carbocycles. The van der Waals surface area contributed by atoms with Crippen LogP contribution in [0.1, 0.15) is 13.8 Å². The summed E-state index contributed by atoms with van der Waals surface area (Å²) in [6.45, 7) is 7.14. The lowest BCUT2D eigenvalue weighted by Gasteiger charge is -2.25. The van der Waals surface area contributed by atoms with Crippen LogP contribution in [-0.2, 0) is 9.59 Å². The molecule has 26 heavy (non-hydrogen) atoms. The van der Waals surface area contributed by atoms with E-state index in [4.69, 9.17) is 9.47 Å². The van der Waals surface area contributed by atoms with Crippen molar-refractivity contribution >= 4 is 11.9 Å². The average Bonchev–Trinajstić information content (AvgIpc) is 3.11. The van der Waals surface area contributed by atoms with Crippen molar-refractivity contribution in [2.45, 2.75) is 13.8 Å². The fourth-order valence-electron chi connectivity index (χ4n) is 3.99. The van der Waals surface area contributed by atoms with Gasteiger partial charge in [-0.1, -0.05) is 6.07 Å². The minimum Gasteiger partial charge on any atom is -0.494 e. The van der Waals surface area contributed by atoms with Crippen LogP contribution < -0.4 is 9.47 Å². The van der Waals surface area contributed by atoms with Crippen LogP contribution >= 0.6 is 0 Å². The summed E-state index contributed by atoms with van der Waals surface area (Å²) in [5.74, 6) is 0.634. The molecular weight excluding hydrogens is 336 g/mol. The molecule has 2 aliphatic heterocycles. The van der Waals surface area contributed by atoms with E-state index in [1.165, 1.54) is 6.92 Å². The van der Waals surface area contributed by atoms with Crippen LogP contribution in [-0.4, -0.2) is 72.7 Å². The highest BCUT2D eigenvalue weighted by molar-refractivity contribution is 5.80. The summed E-state index contributed by atoms with van der Waals surface area (Å²) in [4.78, 5) is 27.3. The Bertz CT molecular complexity index is 680. The minimum atomic E-state index is -0.847. The molecule has 0 aliphatic carbocycles. The third-order valence-corrected chi connectivity index (χ3v) is 5.34. The van der Waals surface area contributed by atoms with E-state index in [0.29, 0.717) is 45.9 Å². The molecule has 0 radical (unpaired) electrons. The van der Waals surface area contributed by atoms with E-state index in [0.717, 1.165) is 11.5 Å². The smallest absolute Gasteiger partial charge is 0.313 e. The quantitative estimate of drug-likeness (QED) is 0.788. The Labute approximate surface area is 153 Å². The van der Waals surface area contributed by atoms with E-state index in [9.17, 15) is 14.7 Å². The first-order valence-electron chi connectivity index (χ1n) is 9.01. The van der Waals surface area contributed by atoms with Gasteiger partial charge in [-0.25, -0.2) is 0 Å². The Kier molecular flexibility index (Phi) is 5.36. The van der Waals surface area contributed by atoms with Gasteiger partial charge >= 0.3 is 5.97 Å². The number of amides is 1. The Morgan fingerprint density at radius 1 is 1.23 bits per heavy atom. The molecule has 2 atom stereocenters. The summed E-state index contributed by atoms with van der Waals surface area (Å²) in [6, 6.07) is 7.50. The molecular formula is C19H26N2O5. The third kappa shape index (κ3) is 3.62. The van der Waals surface area contributed by atoms with Crippen LogP contribution in [0, 0.1) is 11.3 Å². The summed E-state index contributed by atoms with van der Waals surface area (Å²) in [5.41, 5.74) is -0.847. The lowest BCUT2D eigenvalue weighted by molar-refractivity contribution is -0.149. The molecule has 0 spiro atoms. The van der Waals surface area contributed by atoms with E-state index in [-0.39, 0.29) is 11.8 Å². The molecule has 0 aromatic heterocycles. The van der Waals surface area contributed by atoms with Gasteiger partial charge in [0.25, 0.3) is 0 Å². The Balaban J connectivity index is 1.54. The van der Waals surface area contributed by atoms with Gasteiger partial charge in [0.15, 0.2) is 0 Å². The van der Waals surface area contributed by atoms with Gasteiger partial charge in [-0.05, 0) is 19.1 Å².